The van der Waals surface area contributed by atoms with E-state index in [1.165, 1.54) is 12.8 Å². The number of imidazole rings is 1. The van der Waals surface area contributed by atoms with Gasteiger partial charge in [0.25, 0.3) is 0 Å². The molecule has 0 bridgehead atoms. The number of nitrogens with zero attached hydrogens (tertiary/aromatic N) is 2. The molecule has 5 heteroatoms. The predicted molar refractivity (Wildman–Crippen MR) is 73.9 cm³/mol. The first-order chi connectivity index (χ1) is 9.28. The third kappa shape index (κ3) is 2.04. The highest BCUT2D eigenvalue weighted by molar-refractivity contribution is 5.81. The van der Waals surface area contributed by atoms with E-state index in [0.29, 0.717) is 12.5 Å². The standard InChI is InChI=1S/C14H19N3O2/c1-18-12-7-10-11(8-13(12)19-2)17(6-5-15)14(16-10)9-3-4-9/h7-9H,3-6,15H2,1-2H3. The number of fused-ring (bicyclic) bond motifs is 1. The molecule has 1 fully saturated rings. The lowest BCUT2D eigenvalue weighted by atomic mass is 10.2. The van der Waals surface area contributed by atoms with E-state index in [4.69, 9.17) is 20.2 Å². The van der Waals surface area contributed by atoms with Gasteiger partial charge in [-0.2, -0.15) is 0 Å². The van der Waals surface area contributed by atoms with Gasteiger partial charge in [0.15, 0.2) is 11.5 Å². The second-order valence-electron chi connectivity index (χ2n) is 4.88. The Morgan fingerprint density at radius 1 is 1.26 bits per heavy atom. The summed E-state index contributed by atoms with van der Waals surface area (Å²) in [5.41, 5.74) is 7.75. The summed E-state index contributed by atoms with van der Waals surface area (Å²) in [6.45, 7) is 1.40. The Morgan fingerprint density at radius 3 is 2.53 bits per heavy atom. The van der Waals surface area contributed by atoms with Gasteiger partial charge >= 0.3 is 0 Å². The molecular formula is C14H19N3O2. The zero-order valence-corrected chi connectivity index (χ0v) is 11.3. The molecule has 1 heterocycles. The summed E-state index contributed by atoms with van der Waals surface area (Å²) in [7, 11) is 3.29. The molecule has 1 aliphatic rings. The number of aromatic nitrogens is 2. The zero-order valence-electron chi connectivity index (χ0n) is 11.3. The molecule has 0 atom stereocenters. The van der Waals surface area contributed by atoms with Crippen molar-refractivity contribution in [2.75, 3.05) is 20.8 Å². The topological polar surface area (TPSA) is 62.3 Å². The first-order valence-electron chi connectivity index (χ1n) is 6.60. The molecular weight excluding hydrogens is 242 g/mol. The van der Waals surface area contributed by atoms with E-state index < -0.39 is 0 Å². The van der Waals surface area contributed by atoms with Crippen LogP contribution in [-0.4, -0.2) is 30.3 Å². The Labute approximate surface area is 112 Å². The molecule has 3 rings (SSSR count). The third-order valence-electron chi connectivity index (χ3n) is 3.58. The fraction of sp³-hybridized carbons (Fsp3) is 0.500. The van der Waals surface area contributed by atoms with Crippen LogP contribution >= 0.6 is 0 Å². The summed E-state index contributed by atoms with van der Waals surface area (Å²) >= 11 is 0. The molecule has 2 N–H and O–H groups in total. The van der Waals surface area contributed by atoms with Crippen LogP contribution in [0.5, 0.6) is 11.5 Å². The van der Waals surface area contributed by atoms with Crippen molar-refractivity contribution in [1.82, 2.24) is 9.55 Å². The number of rotatable bonds is 5. The molecule has 19 heavy (non-hydrogen) atoms. The Balaban J connectivity index is 2.19. The Hall–Kier alpha value is -1.75. The van der Waals surface area contributed by atoms with Gasteiger partial charge in [0.1, 0.15) is 5.82 Å². The largest absolute Gasteiger partial charge is 0.493 e. The van der Waals surface area contributed by atoms with Crippen LogP contribution in [0.3, 0.4) is 0 Å². The number of ether oxygens (including phenoxy) is 2. The summed E-state index contributed by atoms with van der Waals surface area (Å²) in [6.07, 6.45) is 2.45. The maximum Gasteiger partial charge on any atom is 0.163 e. The lowest BCUT2D eigenvalue weighted by Crippen LogP contribution is -2.12. The molecule has 1 aliphatic carbocycles. The van der Waals surface area contributed by atoms with Crippen LogP contribution in [0.15, 0.2) is 12.1 Å². The van der Waals surface area contributed by atoms with E-state index in [9.17, 15) is 0 Å². The van der Waals surface area contributed by atoms with Crippen LogP contribution in [0.25, 0.3) is 11.0 Å². The second kappa shape index (κ2) is 4.74. The smallest absolute Gasteiger partial charge is 0.163 e. The van der Waals surface area contributed by atoms with Crippen molar-refractivity contribution in [3.63, 3.8) is 0 Å². The molecule has 0 radical (unpaired) electrons. The van der Waals surface area contributed by atoms with Gasteiger partial charge in [-0.1, -0.05) is 0 Å². The number of benzene rings is 1. The van der Waals surface area contributed by atoms with Crippen LogP contribution in [0.1, 0.15) is 24.6 Å². The number of hydrogen-bond donors (Lipinski definition) is 1. The van der Waals surface area contributed by atoms with E-state index in [2.05, 4.69) is 4.57 Å². The van der Waals surface area contributed by atoms with Gasteiger partial charge < -0.3 is 19.8 Å². The van der Waals surface area contributed by atoms with E-state index in [-0.39, 0.29) is 0 Å². The minimum absolute atomic E-state index is 0.593. The monoisotopic (exact) mass is 261 g/mol. The maximum absolute atomic E-state index is 5.72. The van der Waals surface area contributed by atoms with E-state index >= 15 is 0 Å². The number of methoxy groups -OCH3 is 2. The van der Waals surface area contributed by atoms with Gasteiger partial charge in [0, 0.05) is 31.1 Å². The summed E-state index contributed by atoms with van der Waals surface area (Å²) < 4.78 is 12.9. The van der Waals surface area contributed by atoms with Crippen molar-refractivity contribution in [1.29, 1.82) is 0 Å². The molecule has 0 saturated heterocycles. The van der Waals surface area contributed by atoms with Gasteiger partial charge in [0.05, 0.1) is 25.3 Å². The van der Waals surface area contributed by atoms with E-state index in [1.807, 2.05) is 12.1 Å². The fourth-order valence-corrected chi connectivity index (χ4v) is 2.49. The summed E-state index contributed by atoms with van der Waals surface area (Å²) in [5.74, 6) is 3.19. The number of nitrogens with two attached hydrogens (primary N) is 1. The van der Waals surface area contributed by atoms with Crippen molar-refractivity contribution in [3.8, 4) is 11.5 Å². The van der Waals surface area contributed by atoms with Gasteiger partial charge in [0.2, 0.25) is 0 Å². The van der Waals surface area contributed by atoms with Crippen molar-refractivity contribution in [3.05, 3.63) is 18.0 Å². The third-order valence-corrected chi connectivity index (χ3v) is 3.58. The van der Waals surface area contributed by atoms with Gasteiger partial charge in [-0.3, -0.25) is 0 Å². The van der Waals surface area contributed by atoms with Crippen molar-refractivity contribution in [2.24, 2.45) is 5.73 Å². The predicted octanol–water partition coefficient (Wildman–Crippen LogP) is 1.89. The normalized spacial score (nSPS) is 14.9. The Bertz CT molecular complexity index is 602. The average Bonchev–Trinajstić information content (AvgIpc) is 3.22. The molecule has 1 aromatic carbocycles. The molecule has 1 saturated carbocycles. The SMILES string of the molecule is COc1cc2nc(C3CC3)n(CCN)c2cc1OC. The molecule has 2 aromatic rings. The minimum atomic E-state index is 0.593. The molecule has 0 aliphatic heterocycles. The highest BCUT2D eigenvalue weighted by Gasteiger charge is 2.29. The van der Waals surface area contributed by atoms with Gasteiger partial charge in [-0.15, -0.1) is 0 Å². The lowest BCUT2D eigenvalue weighted by molar-refractivity contribution is 0.355. The summed E-state index contributed by atoms with van der Waals surface area (Å²) in [6, 6.07) is 3.93. The molecule has 0 amide bonds. The van der Waals surface area contributed by atoms with Crippen molar-refractivity contribution in [2.45, 2.75) is 25.3 Å². The Kier molecular flexibility index (Phi) is 3.06. The van der Waals surface area contributed by atoms with E-state index in [0.717, 1.165) is 34.9 Å². The Morgan fingerprint density at radius 2 is 1.95 bits per heavy atom. The highest BCUT2D eigenvalue weighted by Crippen LogP contribution is 2.42. The minimum Gasteiger partial charge on any atom is -0.493 e. The van der Waals surface area contributed by atoms with Crippen LogP contribution in [0, 0.1) is 0 Å². The van der Waals surface area contributed by atoms with Crippen molar-refractivity contribution < 1.29 is 9.47 Å². The highest BCUT2D eigenvalue weighted by atomic mass is 16.5. The first-order valence-corrected chi connectivity index (χ1v) is 6.60. The van der Waals surface area contributed by atoms with Crippen LogP contribution in [0.4, 0.5) is 0 Å². The molecule has 1 aromatic heterocycles. The summed E-state index contributed by atoms with van der Waals surface area (Å²) in [4.78, 5) is 4.75. The van der Waals surface area contributed by atoms with E-state index in [1.54, 1.807) is 14.2 Å². The average molecular weight is 261 g/mol. The number of hydrogen-bond acceptors (Lipinski definition) is 4. The second-order valence-corrected chi connectivity index (χ2v) is 4.88. The first kappa shape index (κ1) is 12.3. The van der Waals surface area contributed by atoms with Crippen LogP contribution in [0.2, 0.25) is 0 Å². The molecule has 5 nitrogen and oxygen atoms in total. The maximum atomic E-state index is 5.72. The van der Waals surface area contributed by atoms with Gasteiger partial charge in [-0.05, 0) is 12.8 Å². The van der Waals surface area contributed by atoms with Gasteiger partial charge in [-0.25, -0.2) is 4.98 Å². The van der Waals surface area contributed by atoms with Crippen molar-refractivity contribution >= 4 is 11.0 Å². The van der Waals surface area contributed by atoms with Crippen LogP contribution < -0.4 is 15.2 Å². The molecule has 0 unspecified atom stereocenters. The quantitative estimate of drug-likeness (QED) is 0.892. The van der Waals surface area contributed by atoms with Crippen LogP contribution in [-0.2, 0) is 6.54 Å². The zero-order chi connectivity index (χ0) is 13.4. The molecule has 0 spiro atoms. The summed E-state index contributed by atoms with van der Waals surface area (Å²) in [5, 5.41) is 0. The fourth-order valence-electron chi connectivity index (χ4n) is 2.49. The lowest BCUT2D eigenvalue weighted by Gasteiger charge is -2.09. The molecule has 102 valence electrons.